The number of benzene rings is 1. The van der Waals surface area contributed by atoms with Crippen LogP contribution in [0.5, 0.6) is 0 Å². The van der Waals surface area contributed by atoms with E-state index in [1.807, 2.05) is 18.2 Å². The maximum Gasteiger partial charge on any atom is 0.317 e. The molecule has 1 saturated heterocycles. The monoisotopic (exact) mass is 304 g/mol. The Balaban J connectivity index is 2.05. The molecule has 0 spiro atoms. The van der Waals surface area contributed by atoms with Gasteiger partial charge in [-0.05, 0) is 30.2 Å². The van der Waals surface area contributed by atoms with E-state index < -0.39 is 0 Å². The van der Waals surface area contributed by atoms with Gasteiger partial charge in [-0.2, -0.15) is 0 Å². The molecule has 4 nitrogen and oxygen atoms in total. The van der Waals surface area contributed by atoms with E-state index in [9.17, 15) is 9.90 Å². The number of carbonyl (C=O) groups excluding carboxylic acids is 1. The van der Waals surface area contributed by atoms with Crippen LogP contribution in [0.4, 0.5) is 4.79 Å². The Labute approximate surface area is 133 Å². The zero-order chi connectivity index (χ0) is 16.2. The van der Waals surface area contributed by atoms with Gasteiger partial charge in [-0.15, -0.1) is 0 Å². The Kier molecular flexibility index (Phi) is 5.46. The van der Waals surface area contributed by atoms with E-state index in [4.69, 9.17) is 0 Å². The van der Waals surface area contributed by atoms with Gasteiger partial charge in [0.25, 0.3) is 0 Å². The Hall–Kier alpha value is -1.55. The molecule has 1 unspecified atom stereocenters. The van der Waals surface area contributed by atoms with Crippen LogP contribution in [0.1, 0.15) is 39.2 Å². The second-order valence-electron chi connectivity index (χ2n) is 7.23. The predicted molar refractivity (Wildman–Crippen MR) is 88.7 cm³/mol. The minimum atomic E-state index is -0.0487. The molecular weight excluding hydrogens is 276 g/mol. The van der Waals surface area contributed by atoms with Crippen LogP contribution < -0.4 is 5.32 Å². The summed E-state index contributed by atoms with van der Waals surface area (Å²) >= 11 is 0. The number of aliphatic hydroxyl groups excluding tert-OH is 1. The van der Waals surface area contributed by atoms with Gasteiger partial charge in [0, 0.05) is 12.6 Å². The first-order valence-electron chi connectivity index (χ1n) is 8.13. The smallest absolute Gasteiger partial charge is 0.317 e. The lowest BCUT2D eigenvalue weighted by molar-refractivity contribution is 0.147. The molecule has 0 radical (unpaired) electrons. The fraction of sp³-hybridized carbons (Fsp3) is 0.611. The molecule has 2 amide bonds. The quantitative estimate of drug-likeness (QED) is 0.898. The van der Waals surface area contributed by atoms with E-state index in [1.54, 1.807) is 4.90 Å². The van der Waals surface area contributed by atoms with Crippen molar-refractivity contribution in [2.45, 2.75) is 52.1 Å². The lowest BCUT2D eigenvalue weighted by Gasteiger charge is -2.34. The summed E-state index contributed by atoms with van der Waals surface area (Å²) in [7, 11) is 0. The summed E-state index contributed by atoms with van der Waals surface area (Å²) in [5, 5.41) is 12.6. The summed E-state index contributed by atoms with van der Waals surface area (Å²) in [4.78, 5) is 14.3. The number of nitrogens with zero attached hydrogens (tertiary/aromatic N) is 1. The molecule has 0 saturated carbocycles. The van der Waals surface area contributed by atoms with Gasteiger partial charge in [-0.1, -0.05) is 51.1 Å². The van der Waals surface area contributed by atoms with Gasteiger partial charge in [0.15, 0.2) is 0 Å². The zero-order valence-electron chi connectivity index (χ0n) is 13.9. The minimum absolute atomic E-state index is 0.0278. The molecular formula is C18H28N2O2. The van der Waals surface area contributed by atoms with Gasteiger partial charge >= 0.3 is 6.03 Å². The molecule has 4 heteroatoms. The zero-order valence-corrected chi connectivity index (χ0v) is 13.9. The van der Waals surface area contributed by atoms with Crippen molar-refractivity contribution in [1.82, 2.24) is 10.2 Å². The first-order chi connectivity index (χ1) is 10.4. The molecule has 2 atom stereocenters. The van der Waals surface area contributed by atoms with Gasteiger partial charge in [0.1, 0.15) is 0 Å². The van der Waals surface area contributed by atoms with Crippen molar-refractivity contribution >= 4 is 6.03 Å². The summed E-state index contributed by atoms with van der Waals surface area (Å²) < 4.78 is 0. The minimum Gasteiger partial charge on any atom is -0.394 e. The average molecular weight is 304 g/mol. The Morgan fingerprint density at radius 3 is 2.64 bits per heavy atom. The number of carbonyl (C=O) groups is 1. The summed E-state index contributed by atoms with van der Waals surface area (Å²) in [6, 6.07) is 10.2. The largest absolute Gasteiger partial charge is 0.394 e. The number of hydrogen-bond acceptors (Lipinski definition) is 2. The highest BCUT2D eigenvalue weighted by atomic mass is 16.3. The molecule has 122 valence electrons. The molecule has 0 aromatic heterocycles. The van der Waals surface area contributed by atoms with Crippen molar-refractivity contribution in [2.24, 2.45) is 5.41 Å². The molecule has 1 heterocycles. The standard InChI is InChI=1S/C18H28N2O2/c1-18(2,3)16(12-14-8-5-4-6-9-14)19-17(22)20-11-7-10-15(20)13-21/h4-6,8-9,15-16,21H,7,10-13H2,1-3H3,(H,19,22)/t15-,16?/m0/s1. The second-order valence-corrected chi connectivity index (χ2v) is 7.23. The van der Waals surface area contributed by atoms with E-state index in [-0.39, 0.29) is 30.1 Å². The number of hydrogen-bond donors (Lipinski definition) is 2. The SMILES string of the molecule is CC(C)(C)C(Cc1ccccc1)NC(=O)N1CCC[C@H]1CO. The number of aliphatic hydroxyl groups is 1. The number of likely N-dealkylation sites (tertiary alicyclic amines) is 1. The fourth-order valence-corrected chi connectivity index (χ4v) is 2.95. The Bertz CT molecular complexity index is 482. The van der Waals surface area contributed by atoms with Gasteiger partial charge in [0.2, 0.25) is 0 Å². The van der Waals surface area contributed by atoms with Crippen molar-refractivity contribution in [2.75, 3.05) is 13.2 Å². The van der Waals surface area contributed by atoms with Crippen LogP contribution >= 0.6 is 0 Å². The molecule has 1 aromatic rings. The van der Waals surface area contributed by atoms with Crippen LogP contribution in [0.3, 0.4) is 0 Å². The summed E-state index contributed by atoms with van der Waals surface area (Å²) in [5.74, 6) is 0. The number of nitrogens with one attached hydrogen (secondary N) is 1. The van der Waals surface area contributed by atoms with Crippen LogP contribution in [0.2, 0.25) is 0 Å². The van der Waals surface area contributed by atoms with Crippen molar-refractivity contribution in [3.05, 3.63) is 35.9 Å². The molecule has 22 heavy (non-hydrogen) atoms. The maximum atomic E-state index is 12.6. The molecule has 1 aliphatic heterocycles. The van der Waals surface area contributed by atoms with E-state index in [2.05, 4.69) is 38.2 Å². The van der Waals surface area contributed by atoms with E-state index in [0.717, 1.165) is 25.8 Å². The highest BCUT2D eigenvalue weighted by Gasteiger charge is 2.32. The third kappa shape index (κ3) is 4.23. The van der Waals surface area contributed by atoms with Crippen molar-refractivity contribution < 1.29 is 9.90 Å². The van der Waals surface area contributed by atoms with Crippen LogP contribution in [0.25, 0.3) is 0 Å². The van der Waals surface area contributed by atoms with Crippen molar-refractivity contribution in [1.29, 1.82) is 0 Å². The Morgan fingerprint density at radius 2 is 2.05 bits per heavy atom. The predicted octanol–water partition coefficient (Wildman–Crippen LogP) is 2.81. The molecule has 2 rings (SSSR count). The second kappa shape index (κ2) is 7.14. The van der Waals surface area contributed by atoms with Crippen LogP contribution in [-0.4, -0.2) is 41.3 Å². The van der Waals surface area contributed by atoms with Crippen LogP contribution in [0.15, 0.2) is 30.3 Å². The van der Waals surface area contributed by atoms with Gasteiger partial charge < -0.3 is 15.3 Å². The molecule has 2 N–H and O–H groups in total. The first-order valence-corrected chi connectivity index (χ1v) is 8.13. The number of urea groups is 1. The first kappa shape index (κ1) is 16.8. The highest BCUT2D eigenvalue weighted by Crippen LogP contribution is 2.24. The molecule has 1 aromatic carbocycles. The maximum absolute atomic E-state index is 12.6. The van der Waals surface area contributed by atoms with E-state index in [0.29, 0.717) is 0 Å². The van der Waals surface area contributed by atoms with Crippen LogP contribution in [0, 0.1) is 5.41 Å². The van der Waals surface area contributed by atoms with E-state index in [1.165, 1.54) is 5.56 Å². The lowest BCUT2D eigenvalue weighted by atomic mass is 9.83. The fourth-order valence-electron chi connectivity index (χ4n) is 2.95. The lowest BCUT2D eigenvalue weighted by Crippen LogP contribution is -2.52. The summed E-state index contributed by atoms with van der Waals surface area (Å²) in [6.45, 7) is 7.22. The summed E-state index contributed by atoms with van der Waals surface area (Å²) in [6.07, 6.45) is 2.67. The third-order valence-electron chi connectivity index (χ3n) is 4.47. The number of rotatable bonds is 4. The van der Waals surface area contributed by atoms with E-state index >= 15 is 0 Å². The van der Waals surface area contributed by atoms with Crippen molar-refractivity contribution in [3.63, 3.8) is 0 Å². The van der Waals surface area contributed by atoms with Gasteiger partial charge in [0.05, 0.1) is 12.6 Å². The molecule has 0 bridgehead atoms. The Morgan fingerprint density at radius 1 is 1.36 bits per heavy atom. The average Bonchev–Trinajstić information content (AvgIpc) is 2.95. The molecule has 0 aliphatic carbocycles. The highest BCUT2D eigenvalue weighted by molar-refractivity contribution is 5.75. The molecule has 1 fully saturated rings. The van der Waals surface area contributed by atoms with Gasteiger partial charge in [-0.25, -0.2) is 4.79 Å². The normalized spacial score (nSPS) is 20.0. The third-order valence-corrected chi connectivity index (χ3v) is 4.47. The van der Waals surface area contributed by atoms with Crippen molar-refractivity contribution in [3.8, 4) is 0 Å². The summed E-state index contributed by atoms with van der Waals surface area (Å²) in [5.41, 5.74) is 1.20. The molecule has 1 aliphatic rings. The topological polar surface area (TPSA) is 52.6 Å². The van der Waals surface area contributed by atoms with Crippen LogP contribution in [-0.2, 0) is 6.42 Å². The number of amides is 2. The van der Waals surface area contributed by atoms with Gasteiger partial charge in [-0.3, -0.25) is 0 Å².